The van der Waals surface area contributed by atoms with E-state index >= 15 is 0 Å². The maximum atomic E-state index is 13.8. The van der Waals surface area contributed by atoms with Crippen molar-refractivity contribution in [2.45, 2.75) is 13.3 Å². The van der Waals surface area contributed by atoms with Crippen molar-refractivity contribution in [3.63, 3.8) is 0 Å². The van der Waals surface area contributed by atoms with Gasteiger partial charge in [0.25, 0.3) is 0 Å². The highest BCUT2D eigenvalue weighted by atomic mass is 19.1. The van der Waals surface area contributed by atoms with E-state index in [2.05, 4.69) is 10.1 Å². The number of halogens is 1. The average molecular weight is 324 g/mol. The number of nitrogens with zero attached hydrogens (tertiary/aromatic N) is 1. The molecule has 1 atom stereocenters. The Labute approximate surface area is 132 Å². The highest BCUT2D eigenvalue weighted by molar-refractivity contribution is 5.96. The summed E-state index contributed by atoms with van der Waals surface area (Å²) in [6, 6.07) is 1.93. The predicted octanol–water partition coefficient (Wildman–Crippen LogP) is 1.86. The molecule has 2 amide bonds. The molecule has 1 aromatic rings. The molecule has 1 unspecified atom stereocenters. The number of nitrogens with one attached hydrogen (secondary N) is 1. The lowest BCUT2D eigenvalue weighted by molar-refractivity contribution is -0.141. The molecule has 124 valence electrons. The first-order chi connectivity index (χ1) is 10.8. The van der Waals surface area contributed by atoms with Crippen LogP contribution in [0.3, 0.4) is 0 Å². The summed E-state index contributed by atoms with van der Waals surface area (Å²) >= 11 is 0. The molecule has 2 N–H and O–H groups in total. The third-order valence-corrected chi connectivity index (χ3v) is 3.87. The van der Waals surface area contributed by atoms with E-state index in [0.29, 0.717) is 13.0 Å². The van der Waals surface area contributed by atoms with Crippen molar-refractivity contribution in [3.05, 3.63) is 29.1 Å². The summed E-state index contributed by atoms with van der Waals surface area (Å²) in [4.78, 5) is 36.1. The Morgan fingerprint density at radius 1 is 1.39 bits per heavy atom. The number of ether oxygens (including phenoxy) is 1. The Morgan fingerprint density at radius 3 is 2.65 bits per heavy atom. The van der Waals surface area contributed by atoms with Gasteiger partial charge in [-0.25, -0.2) is 14.0 Å². The van der Waals surface area contributed by atoms with Gasteiger partial charge in [0.1, 0.15) is 11.4 Å². The highest BCUT2D eigenvalue weighted by Gasteiger charge is 2.31. The first kappa shape index (κ1) is 16.7. The number of esters is 1. The van der Waals surface area contributed by atoms with Crippen LogP contribution in [0.5, 0.6) is 0 Å². The monoisotopic (exact) mass is 324 g/mol. The zero-order valence-electron chi connectivity index (χ0n) is 12.8. The summed E-state index contributed by atoms with van der Waals surface area (Å²) in [5, 5.41) is 11.5. The number of carboxylic acids is 1. The predicted molar refractivity (Wildman–Crippen MR) is 78.8 cm³/mol. The van der Waals surface area contributed by atoms with Gasteiger partial charge in [0.2, 0.25) is 0 Å². The van der Waals surface area contributed by atoms with Crippen molar-refractivity contribution >= 4 is 23.7 Å². The van der Waals surface area contributed by atoms with E-state index in [-0.39, 0.29) is 23.4 Å². The summed E-state index contributed by atoms with van der Waals surface area (Å²) in [5.74, 6) is -3.09. The van der Waals surface area contributed by atoms with Crippen LogP contribution in [0.4, 0.5) is 14.9 Å². The number of carbonyl (C=O) groups excluding carboxylic acids is 2. The molecule has 1 aliphatic rings. The third-order valence-electron chi connectivity index (χ3n) is 3.87. The van der Waals surface area contributed by atoms with Crippen LogP contribution in [0.1, 0.15) is 22.3 Å². The number of anilines is 1. The molecular weight excluding hydrogens is 307 g/mol. The van der Waals surface area contributed by atoms with E-state index in [4.69, 9.17) is 5.11 Å². The highest BCUT2D eigenvalue weighted by Crippen LogP contribution is 2.24. The largest absolute Gasteiger partial charge is 0.481 e. The van der Waals surface area contributed by atoms with Crippen molar-refractivity contribution in [2.24, 2.45) is 5.92 Å². The lowest BCUT2D eigenvalue weighted by Gasteiger charge is -2.18. The zero-order valence-corrected chi connectivity index (χ0v) is 12.8. The van der Waals surface area contributed by atoms with Crippen LogP contribution in [0, 0.1) is 18.7 Å². The second-order valence-electron chi connectivity index (χ2n) is 5.29. The van der Waals surface area contributed by atoms with Gasteiger partial charge in [0.05, 0.1) is 13.0 Å². The number of hydrogen-bond donors (Lipinski definition) is 2. The minimum atomic E-state index is -0.939. The fourth-order valence-corrected chi connectivity index (χ4v) is 2.51. The lowest BCUT2D eigenvalue weighted by Crippen LogP contribution is -2.34. The molecule has 23 heavy (non-hydrogen) atoms. The Kier molecular flexibility index (Phi) is 4.83. The summed E-state index contributed by atoms with van der Waals surface area (Å²) in [5.41, 5.74) is 0.282. The molecule has 7 nitrogen and oxygen atoms in total. The van der Waals surface area contributed by atoms with Crippen LogP contribution in [0.15, 0.2) is 12.1 Å². The SMILES string of the molecule is COC(=O)c1c(F)ccc(NC(=O)N2CCC(C(=O)O)C2)c1C. The van der Waals surface area contributed by atoms with Gasteiger partial charge >= 0.3 is 18.0 Å². The van der Waals surface area contributed by atoms with Crippen LogP contribution in [0.2, 0.25) is 0 Å². The maximum absolute atomic E-state index is 13.8. The molecule has 0 radical (unpaired) electrons. The number of carbonyl (C=O) groups is 3. The number of benzene rings is 1. The number of carboxylic acid groups (broad SMARTS) is 1. The standard InChI is InChI=1S/C15H17FN2O5/c1-8-11(4-3-10(16)12(8)14(21)23-2)17-15(22)18-6-5-9(7-18)13(19)20/h3-4,9H,5-7H2,1-2H3,(H,17,22)(H,19,20). The smallest absolute Gasteiger partial charge is 0.341 e. The van der Waals surface area contributed by atoms with E-state index in [9.17, 15) is 18.8 Å². The fourth-order valence-electron chi connectivity index (χ4n) is 2.51. The Bertz CT molecular complexity index is 662. The van der Waals surface area contributed by atoms with Gasteiger partial charge in [-0.15, -0.1) is 0 Å². The van der Waals surface area contributed by atoms with Crippen LogP contribution in [-0.4, -0.2) is 48.2 Å². The molecule has 1 aliphatic heterocycles. The van der Waals surface area contributed by atoms with Crippen molar-refractivity contribution < 1.29 is 28.6 Å². The zero-order chi connectivity index (χ0) is 17.1. The normalized spacial score (nSPS) is 17.0. The van der Waals surface area contributed by atoms with Gasteiger partial charge in [-0.2, -0.15) is 0 Å². The number of hydrogen-bond acceptors (Lipinski definition) is 4. The molecule has 1 saturated heterocycles. The second kappa shape index (κ2) is 6.64. The molecule has 8 heteroatoms. The van der Waals surface area contributed by atoms with Gasteiger partial charge in [-0.1, -0.05) is 0 Å². The molecule has 1 fully saturated rings. The van der Waals surface area contributed by atoms with Gasteiger partial charge in [0, 0.05) is 18.8 Å². The van der Waals surface area contributed by atoms with Crippen LogP contribution in [-0.2, 0) is 9.53 Å². The van der Waals surface area contributed by atoms with E-state index in [1.807, 2.05) is 0 Å². The Hall–Kier alpha value is -2.64. The van der Waals surface area contributed by atoms with Crippen molar-refractivity contribution in [1.29, 1.82) is 0 Å². The van der Waals surface area contributed by atoms with E-state index in [1.54, 1.807) is 0 Å². The molecule has 2 rings (SSSR count). The first-order valence-electron chi connectivity index (χ1n) is 7.01. The van der Waals surface area contributed by atoms with Crippen LogP contribution in [0.25, 0.3) is 0 Å². The molecule has 0 aromatic heterocycles. The minimum Gasteiger partial charge on any atom is -0.481 e. The number of likely N-dealkylation sites (tertiary alicyclic amines) is 1. The summed E-state index contributed by atoms with van der Waals surface area (Å²) in [6.45, 7) is 1.94. The molecular formula is C15H17FN2O5. The van der Waals surface area contributed by atoms with Gasteiger partial charge in [-0.3, -0.25) is 4.79 Å². The Morgan fingerprint density at radius 2 is 2.09 bits per heavy atom. The molecule has 0 spiro atoms. The van der Waals surface area contributed by atoms with Crippen LogP contribution < -0.4 is 5.32 Å². The number of aliphatic carboxylic acids is 1. The minimum absolute atomic E-state index is 0.116. The second-order valence-corrected chi connectivity index (χ2v) is 5.29. The molecule has 0 bridgehead atoms. The van der Waals surface area contributed by atoms with E-state index in [1.165, 1.54) is 17.9 Å². The molecule has 0 saturated carbocycles. The van der Waals surface area contributed by atoms with Crippen molar-refractivity contribution in [1.82, 2.24) is 4.90 Å². The fraction of sp³-hybridized carbons (Fsp3) is 0.400. The Balaban J connectivity index is 2.16. The van der Waals surface area contributed by atoms with E-state index in [0.717, 1.165) is 13.2 Å². The first-order valence-corrected chi connectivity index (χ1v) is 7.01. The number of amides is 2. The molecule has 0 aliphatic carbocycles. The molecule has 1 heterocycles. The van der Waals surface area contributed by atoms with Gasteiger partial charge in [0.15, 0.2) is 0 Å². The average Bonchev–Trinajstić information content (AvgIpc) is 3.00. The van der Waals surface area contributed by atoms with E-state index < -0.39 is 29.7 Å². The number of methoxy groups -OCH3 is 1. The number of rotatable bonds is 3. The maximum Gasteiger partial charge on any atom is 0.341 e. The van der Waals surface area contributed by atoms with Gasteiger partial charge < -0.3 is 20.1 Å². The van der Waals surface area contributed by atoms with Gasteiger partial charge in [-0.05, 0) is 31.0 Å². The summed E-state index contributed by atoms with van der Waals surface area (Å²) in [6.07, 6.45) is 0.387. The topological polar surface area (TPSA) is 95.9 Å². The van der Waals surface area contributed by atoms with Crippen molar-refractivity contribution in [3.8, 4) is 0 Å². The lowest BCUT2D eigenvalue weighted by atomic mass is 10.1. The third kappa shape index (κ3) is 3.41. The summed E-state index contributed by atoms with van der Waals surface area (Å²) in [7, 11) is 1.14. The van der Waals surface area contributed by atoms with Crippen LogP contribution >= 0.6 is 0 Å². The quantitative estimate of drug-likeness (QED) is 0.827. The summed E-state index contributed by atoms with van der Waals surface area (Å²) < 4.78 is 18.3. The van der Waals surface area contributed by atoms with Crippen molar-refractivity contribution in [2.75, 3.05) is 25.5 Å². The number of urea groups is 1. The molecule has 1 aromatic carbocycles.